The van der Waals surface area contributed by atoms with Crippen molar-refractivity contribution in [2.24, 2.45) is 10.4 Å². The molecule has 0 radical (unpaired) electrons. The molecule has 0 aromatic heterocycles. The van der Waals surface area contributed by atoms with E-state index in [-0.39, 0.29) is 12.8 Å². The number of nitrogens with zero attached hydrogens (tertiary/aromatic N) is 1. The molecule has 0 spiro atoms. The molecule has 0 aliphatic carbocycles. The summed E-state index contributed by atoms with van der Waals surface area (Å²) < 4.78 is 0. The average molecular weight is 244 g/mol. The SMILES string of the molecule is CCC(CC)(C(=O)O)C(=O)NC1=NCCS1. The molecule has 1 aliphatic heterocycles. The van der Waals surface area contributed by atoms with Gasteiger partial charge < -0.3 is 10.4 Å². The van der Waals surface area contributed by atoms with Gasteiger partial charge >= 0.3 is 5.97 Å². The van der Waals surface area contributed by atoms with E-state index < -0.39 is 17.3 Å². The second-order valence-corrected chi connectivity index (χ2v) is 4.67. The van der Waals surface area contributed by atoms with Crippen LogP contribution in [0, 0.1) is 5.41 Å². The van der Waals surface area contributed by atoms with Gasteiger partial charge in [-0.15, -0.1) is 0 Å². The molecule has 6 heteroatoms. The number of aliphatic imine (C=N–C) groups is 1. The van der Waals surface area contributed by atoms with Crippen LogP contribution < -0.4 is 5.32 Å². The molecule has 0 aromatic carbocycles. The first-order valence-corrected chi connectivity index (χ1v) is 6.27. The van der Waals surface area contributed by atoms with Gasteiger partial charge in [0.05, 0.1) is 6.54 Å². The number of hydrogen-bond donors (Lipinski definition) is 2. The van der Waals surface area contributed by atoms with Crippen molar-refractivity contribution in [3.63, 3.8) is 0 Å². The van der Waals surface area contributed by atoms with Crippen molar-refractivity contribution in [1.29, 1.82) is 0 Å². The van der Waals surface area contributed by atoms with E-state index in [9.17, 15) is 9.59 Å². The highest BCUT2D eigenvalue weighted by molar-refractivity contribution is 8.14. The number of carbonyl (C=O) groups excluding carboxylic acids is 1. The summed E-state index contributed by atoms with van der Waals surface area (Å²) in [5.74, 6) is -0.690. The fourth-order valence-corrected chi connectivity index (χ4v) is 2.32. The molecule has 90 valence electrons. The van der Waals surface area contributed by atoms with Crippen molar-refractivity contribution in [2.75, 3.05) is 12.3 Å². The van der Waals surface area contributed by atoms with Crippen LogP contribution in [0.1, 0.15) is 26.7 Å². The molecule has 1 rings (SSSR count). The molecular formula is C10H16N2O3S. The largest absolute Gasteiger partial charge is 0.480 e. The molecule has 0 aromatic rings. The number of nitrogens with one attached hydrogen (secondary N) is 1. The Kier molecular flexibility index (Phi) is 4.35. The average Bonchev–Trinajstić information content (AvgIpc) is 2.72. The molecule has 0 fully saturated rings. The molecule has 5 nitrogen and oxygen atoms in total. The third-order valence-electron chi connectivity index (χ3n) is 2.86. The maximum absolute atomic E-state index is 11.9. The Labute approximate surface area is 98.7 Å². The van der Waals surface area contributed by atoms with E-state index in [2.05, 4.69) is 10.3 Å². The topological polar surface area (TPSA) is 78.8 Å². The summed E-state index contributed by atoms with van der Waals surface area (Å²) in [5.41, 5.74) is -1.33. The number of rotatable bonds is 4. The number of carbonyl (C=O) groups is 2. The van der Waals surface area contributed by atoms with Crippen LogP contribution in [0.3, 0.4) is 0 Å². The van der Waals surface area contributed by atoms with Gasteiger partial charge in [0.15, 0.2) is 5.17 Å². The third kappa shape index (κ3) is 2.37. The number of amidine groups is 1. The van der Waals surface area contributed by atoms with E-state index in [0.29, 0.717) is 11.7 Å². The van der Waals surface area contributed by atoms with Crippen LogP contribution in [0.4, 0.5) is 0 Å². The minimum Gasteiger partial charge on any atom is -0.480 e. The highest BCUT2D eigenvalue weighted by Crippen LogP contribution is 2.27. The van der Waals surface area contributed by atoms with Gasteiger partial charge in [0, 0.05) is 5.75 Å². The molecule has 0 unspecified atom stereocenters. The highest BCUT2D eigenvalue weighted by atomic mass is 32.2. The molecule has 1 amide bonds. The van der Waals surface area contributed by atoms with Crippen LogP contribution in [0.25, 0.3) is 0 Å². The summed E-state index contributed by atoms with van der Waals surface area (Å²) in [6.45, 7) is 4.10. The molecule has 2 N–H and O–H groups in total. The van der Waals surface area contributed by atoms with E-state index in [1.165, 1.54) is 11.8 Å². The first-order chi connectivity index (χ1) is 7.56. The predicted octanol–water partition coefficient (Wildman–Crippen LogP) is 1.10. The maximum atomic E-state index is 11.9. The van der Waals surface area contributed by atoms with E-state index in [0.717, 1.165) is 5.75 Å². The van der Waals surface area contributed by atoms with Gasteiger partial charge in [-0.05, 0) is 12.8 Å². The van der Waals surface area contributed by atoms with Crippen LogP contribution >= 0.6 is 11.8 Å². The van der Waals surface area contributed by atoms with Crippen LogP contribution in [-0.2, 0) is 9.59 Å². The minimum absolute atomic E-state index is 0.280. The van der Waals surface area contributed by atoms with Gasteiger partial charge in [-0.3, -0.25) is 14.6 Å². The zero-order valence-electron chi connectivity index (χ0n) is 9.45. The van der Waals surface area contributed by atoms with Gasteiger partial charge in [-0.2, -0.15) is 0 Å². The Hall–Kier alpha value is -1.04. The summed E-state index contributed by atoms with van der Waals surface area (Å²) in [7, 11) is 0. The van der Waals surface area contributed by atoms with Gasteiger partial charge in [0.25, 0.3) is 0 Å². The Morgan fingerprint density at radius 2 is 2.12 bits per heavy atom. The number of amides is 1. The van der Waals surface area contributed by atoms with Crippen molar-refractivity contribution in [3.05, 3.63) is 0 Å². The normalized spacial score (nSPS) is 15.8. The summed E-state index contributed by atoms with van der Waals surface area (Å²) in [6.07, 6.45) is 0.561. The number of hydrogen-bond acceptors (Lipinski definition) is 4. The van der Waals surface area contributed by atoms with Crippen molar-refractivity contribution < 1.29 is 14.7 Å². The monoisotopic (exact) mass is 244 g/mol. The highest BCUT2D eigenvalue weighted by Gasteiger charge is 2.43. The quantitative estimate of drug-likeness (QED) is 0.726. The molecular weight excluding hydrogens is 228 g/mol. The first-order valence-electron chi connectivity index (χ1n) is 5.29. The molecule has 1 heterocycles. The first kappa shape index (κ1) is 13.0. The molecule has 0 bridgehead atoms. The molecule has 1 aliphatic rings. The lowest BCUT2D eigenvalue weighted by atomic mass is 9.81. The van der Waals surface area contributed by atoms with E-state index in [4.69, 9.17) is 5.11 Å². The second kappa shape index (κ2) is 5.34. The number of aliphatic carboxylic acids is 1. The predicted molar refractivity (Wildman–Crippen MR) is 63.6 cm³/mol. The van der Waals surface area contributed by atoms with Gasteiger partial charge in [-0.1, -0.05) is 25.6 Å². The van der Waals surface area contributed by atoms with Crippen molar-refractivity contribution in [2.45, 2.75) is 26.7 Å². The minimum atomic E-state index is -1.33. The molecule has 0 saturated carbocycles. The molecule has 0 saturated heterocycles. The van der Waals surface area contributed by atoms with Crippen molar-refractivity contribution in [3.8, 4) is 0 Å². The fraction of sp³-hybridized carbons (Fsp3) is 0.700. The Balaban J connectivity index is 2.78. The van der Waals surface area contributed by atoms with Crippen molar-refractivity contribution in [1.82, 2.24) is 5.32 Å². The maximum Gasteiger partial charge on any atom is 0.319 e. The van der Waals surface area contributed by atoms with Crippen LogP contribution in [0.5, 0.6) is 0 Å². The lowest BCUT2D eigenvalue weighted by Gasteiger charge is -2.24. The van der Waals surface area contributed by atoms with Gasteiger partial charge in [-0.25, -0.2) is 0 Å². The van der Waals surface area contributed by atoms with Crippen LogP contribution in [0.15, 0.2) is 4.99 Å². The van der Waals surface area contributed by atoms with Gasteiger partial charge in [0.2, 0.25) is 5.91 Å². The third-order valence-corrected chi connectivity index (χ3v) is 3.75. The van der Waals surface area contributed by atoms with Crippen LogP contribution in [-0.4, -0.2) is 34.4 Å². The zero-order valence-corrected chi connectivity index (χ0v) is 10.3. The fourth-order valence-electron chi connectivity index (χ4n) is 1.60. The van der Waals surface area contributed by atoms with E-state index in [1.54, 1.807) is 13.8 Å². The summed E-state index contributed by atoms with van der Waals surface area (Å²) in [5, 5.41) is 12.3. The molecule has 0 atom stereocenters. The number of carboxylic acid groups (broad SMARTS) is 1. The summed E-state index contributed by atoms with van der Waals surface area (Å²) in [4.78, 5) is 27.2. The zero-order chi connectivity index (χ0) is 12.2. The summed E-state index contributed by atoms with van der Waals surface area (Å²) >= 11 is 1.44. The van der Waals surface area contributed by atoms with Crippen LogP contribution in [0.2, 0.25) is 0 Å². The smallest absolute Gasteiger partial charge is 0.319 e. The lowest BCUT2D eigenvalue weighted by molar-refractivity contribution is -0.155. The summed E-state index contributed by atoms with van der Waals surface area (Å²) in [6, 6.07) is 0. The Morgan fingerprint density at radius 1 is 1.50 bits per heavy atom. The standard InChI is InChI=1S/C10H16N2O3S/c1-3-10(4-2,8(14)15)7(13)12-9-11-5-6-16-9/h3-6H2,1-2H3,(H,14,15)(H,11,12,13). The second-order valence-electron chi connectivity index (χ2n) is 3.58. The van der Waals surface area contributed by atoms with Gasteiger partial charge in [0.1, 0.15) is 5.41 Å². The molecule has 16 heavy (non-hydrogen) atoms. The Morgan fingerprint density at radius 3 is 2.50 bits per heavy atom. The number of carboxylic acids is 1. The van der Waals surface area contributed by atoms with E-state index >= 15 is 0 Å². The number of thioether (sulfide) groups is 1. The van der Waals surface area contributed by atoms with E-state index in [1.807, 2.05) is 0 Å². The van der Waals surface area contributed by atoms with Crippen molar-refractivity contribution >= 4 is 28.8 Å². The lowest BCUT2D eigenvalue weighted by Crippen LogP contribution is -2.47. The Bertz CT molecular complexity index is 324.